The predicted octanol–water partition coefficient (Wildman–Crippen LogP) is 19.1. The number of rotatable bonds is 6. The van der Waals surface area contributed by atoms with Crippen LogP contribution in [-0.2, 0) is 27.1 Å². The van der Waals surface area contributed by atoms with Crippen molar-refractivity contribution in [2.45, 2.75) is 148 Å². The normalized spacial score (nSPS) is 18.5. The zero-order valence-electron chi connectivity index (χ0n) is 50.3. The fraction of sp³-hybridized carbons (Fsp3) is 0.299. The van der Waals surface area contributed by atoms with Crippen molar-refractivity contribution in [1.82, 2.24) is 0 Å². The van der Waals surface area contributed by atoms with Gasteiger partial charge in [-0.1, -0.05) is 242 Å². The first-order chi connectivity index (χ1) is 38.6. The minimum atomic E-state index is -0.292. The molecule has 406 valence electrons. The van der Waals surface area contributed by atoms with E-state index in [1.807, 2.05) is 0 Å². The monoisotopic (exact) mass is 1060 g/mol. The SMILES string of the molecule is CC(C)(C)c1ccc2c(c1)B1c3ccc(C(C)(C)C)cc3N(c3ccc(C(C)(C)C)cc3-c3ccccc3)c3cc(N4c5ccccc5C5(c6ccccc6)CCCCC45C)cc(c31)N2c1ccc(C(C)(C)C)cc1-c1ccccc1. The fourth-order valence-electron chi connectivity index (χ4n) is 14.8. The highest BCUT2D eigenvalue weighted by atomic mass is 15.3. The molecular weight excluding hydrogens is 978 g/mol. The molecule has 3 nitrogen and oxygen atoms in total. The highest BCUT2D eigenvalue weighted by Crippen LogP contribution is 2.64. The van der Waals surface area contributed by atoms with E-state index < -0.39 is 0 Å². The Hall–Kier alpha value is -7.56. The number of para-hydroxylation sites is 1. The summed E-state index contributed by atoms with van der Waals surface area (Å²) in [6.07, 6.45) is 4.51. The molecule has 0 N–H and O–H groups in total. The molecule has 13 rings (SSSR count). The maximum absolute atomic E-state index is 2.83. The second-order valence-electron chi connectivity index (χ2n) is 28.3. The standard InChI is InChI=1S/C77H80BN3/c1-72(2,3)54-36-40-64(59(45-54)51-27-17-14-18-28-51)79-67-42-38-56(74(7,8)9)47-63(67)78-62-39-35-57(75(10,11)12)48-68(62)80(65-41-37-55(73(4,5)6)46-60(65)52-29-19-15-20-30-52)70-50-58(49-69(79)71(70)78)81-66-34-24-23-33-61(66)77(53-31-21-16-22-32-53)44-26-25-43-76(77,81)13/h14-24,27-42,45-50H,25-26,43-44H2,1-13H3. The Morgan fingerprint density at radius 2 is 0.815 bits per heavy atom. The molecule has 0 aromatic heterocycles. The van der Waals surface area contributed by atoms with E-state index in [1.54, 1.807) is 0 Å². The maximum atomic E-state index is 2.83. The van der Waals surface area contributed by atoms with E-state index in [9.17, 15) is 0 Å². The van der Waals surface area contributed by atoms with E-state index >= 15 is 0 Å². The van der Waals surface area contributed by atoms with Crippen molar-refractivity contribution in [3.63, 3.8) is 0 Å². The van der Waals surface area contributed by atoms with Crippen molar-refractivity contribution in [2.24, 2.45) is 0 Å². The van der Waals surface area contributed by atoms with Gasteiger partial charge in [0.2, 0.25) is 0 Å². The molecule has 2 atom stereocenters. The van der Waals surface area contributed by atoms with Crippen molar-refractivity contribution in [3.05, 3.63) is 234 Å². The van der Waals surface area contributed by atoms with E-state index in [4.69, 9.17) is 0 Å². The van der Waals surface area contributed by atoms with Crippen LogP contribution in [0.1, 0.15) is 149 Å². The van der Waals surface area contributed by atoms with E-state index in [-0.39, 0.29) is 39.3 Å². The summed E-state index contributed by atoms with van der Waals surface area (Å²) < 4.78 is 0. The van der Waals surface area contributed by atoms with Gasteiger partial charge in [0.25, 0.3) is 6.71 Å². The first kappa shape index (κ1) is 52.8. The van der Waals surface area contributed by atoms with E-state index in [2.05, 4.69) is 305 Å². The smallest absolute Gasteiger partial charge is 0.252 e. The lowest BCUT2D eigenvalue weighted by molar-refractivity contribution is 0.215. The van der Waals surface area contributed by atoms with Gasteiger partial charge in [0.1, 0.15) is 0 Å². The Labute approximate surface area is 484 Å². The maximum Gasteiger partial charge on any atom is 0.252 e. The van der Waals surface area contributed by atoms with Gasteiger partial charge in [-0.15, -0.1) is 0 Å². The van der Waals surface area contributed by atoms with E-state index in [0.717, 1.165) is 12.8 Å². The Kier molecular flexibility index (Phi) is 12.2. The summed E-state index contributed by atoms with van der Waals surface area (Å²) in [7, 11) is 0. The highest BCUT2D eigenvalue weighted by Gasteiger charge is 2.61. The molecule has 3 aliphatic heterocycles. The molecule has 0 radical (unpaired) electrons. The Morgan fingerprint density at radius 1 is 0.370 bits per heavy atom. The lowest BCUT2D eigenvalue weighted by atomic mass is 9.33. The summed E-state index contributed by atoms with van der Waals surface area (Å²) in [5.74, 6) is 0. The molecule has 4 heteroatoms. The van der Waals surface area contributed by atoms with Crippen molar-refractivity contribution in [3.8, 4) is 22.3 Å². The Bertz CT molecular complexity index is 3910. The van der Waals surface area contributed by atoms with Crippen LogP contribution in [0.5, 0.6) is 0 Å². The molecule has 4 aliphatic rings. The highest BCUT2D eigenvalue weighted by molar-refractivity contribution is 7.00. The second-order valence-corrected chi connectivity index (χ2v) is 28.3. The van der Waals surface area contributed by atoms with Gasteiger partial charge in [-0.2, -0.15) is 0 Å². The van der Waals surface area contributed by atoms with Crippen molar-refractivity contribution in [1.29, 1.82) is 0 Å². The van der Waals surface area contributed by atoms with Gasteiger partial charge in [0.15, 0.2) is 0 Å². The molecule has 1 aliphatic carbocycles. The minimum absolute atomic E-state index is 0.0629. The largest absolute Gasteiger partial charge is 0.334 e. The molecule has 9 aromatic carbocycles. The lowest BCUT2D eigenvalue weighted by Crippen LogP contribution is -2.62. The van der Waals surface area contributed by atoms with Gasteiger partial charge in [-0.05, 0) is 157 Å². The molecule has 0 spiro atoms. The zero-order valence-corrected chi connectivity index (χ0v) is 50.3. The first-order valence-electron chi connectivity index (χ1n) is 30.0. The second kappa shape index (κ2) is 18.7. The molecular formula is C77H80BN3. The topological polar surface area (TPSA) is 9.72 Å². The molecule has 1 saturated carbocycles. The summed E-state index contributed by atoms with van der Waals surface area (Å²) in [5.41, 5.74) is 26.0. The van der Waals surface area contributed by atoms with Gasteiger partial charge < -0.3 is 14.7 Å². The molecule has 3 heterocycles. The van der Waals surface area contributed by atoms with E-state index in [0.29, 0.717) is 0 Å². The van der Waals surface area contributed by atoms with Crippen LogP contribution in [0.25, 0.3) is 22.3 Å². The minimum Gasteiger partial charge on any atom is -0.334 e. The molecule has 0 bridgehead atoms. The summed E-state index contributed by atoms with van der Waals surface area (Å²) >= 11 is 0. The number of hydrogen-bond acceptors (Lipinski definition) is 3. The van der Waals surface area contributed by atoms with Crippen LogP contribution >= 0.6 is 0 Å². The van der Waals surface area contributed by atoms with E-state index in [1.165, 1.54) is 130 Å². The summed E-state index contributed by atoms with van der Waals surface area (Å²) in [6, 6.07) is 78.3. The fourth-order valence-corrected chi connectivity index (χ4v) is 14.8. The van der Waals surface area contributed by atoms with Gasteiger partial charge >= 0.3 is 0 Å². The molecule has 1 fully saturated rings. The quantitative estimate of drug-likeness (QED) is 0.154. The first-order valence-corrected chi connectivity index (χ1v) is 30.0. The number of benzene rings is 9. The third kappa shape index (κ3) is 8.35. The lowest BCUT2D eigenvalue weighted by Gasteiger charge is -2.53. The number of anilines is 8. The molecule has 0 amide bonds. The average Bonchev–Trinajstić information content (AvgIpc) is 4.00. The van der Waals surface area contributed by atoms with Gasteiger partial charge in [-0.25, -0.2) is 0 Å². The van der Waals surface area contributed by atoms with Gasteiger partial charge in [-0.3, -0.25) is 0 Å². The van der Waals surface area contributed by atoms with Crippen LogP contribution in [-0.4, -0.2) is 12.3 Å². The van der Waals surface area contributed by atoms with Gasteiger partial charge in [0, 0.05) is 50.7 Å². The Balaban J connectivity index is 1.21. The van der Waals surface area contributed by atoms with Crippen LogP contribution in [0.2, 0.25) is 0 Å². The van der Waals surface area contributed by atoms with Crippen molar-refractivity contribution in [2.75, 3.05) is 14.7 Å². The molecule has 2 unspecified atom stereocenters. The average molecular weight is 1060 g/mol. The zero-order chi connectivity index (χ0) is 56.6. The predicted molar refractivity (Wildman–Crippen MR) is 349 cm³/mol. The van der Waals surface area contributed by atoms with Crippen molar-refractivity contribution >= 4 is 68.6 Å². The van der Waals surface area contributed by atoms with Crippen LogP contribution in [0.4, 0.5) is 45.5 Å². The van der Waals surface area contributed by atoms with Gasteiger partial charge in [0.05, 0.1) is 16.9 Å². The molecule has 81 heavy (non-hydrogen) atoms. The van der Waals surface area contributed by atoms with Crippen LogP contribution in [0.15, 0.2) is 200 Å². The Morgan fingerprint density at radius 3 is 1.36 bits per heavy atom. The molecule has 0 saturated heterocycles. The third-order valence-electron chi connectivity index (χ3n) is 19.2. The van der Waals surface area contributed by atoms with Crippen molar-refractivity contribution < 1.29 is 0 Å². The van der Waals surface area contributed by atoms with Crippen LogP contribution in [0, 0.1) is 0 Å². The van der Waals surface area contributed by atoms with Crippen LogP contribution < -0.4 is 31.1 Å². The number of hydrogen-bond donors (Lipinski definition) is 0. The molecule has 9 aromatic rings. The summed E-state index contributed by atoms with van der Waals surface area (Å²) in [6.45, 7) is 30.8. The summed E-state index contributed by atoms with van der Waals surface area (Å²) in [4.78, 5) is 8.24. The summed E-state index contributed by atoms with van der Waals surface area (Å²) in [5, 5.41) is 0. The number of nitrogens with zero attached hydrogens (tertiary/aromatic N) is 3. The van der Waals surface area contributed by atoms with Crippen LogP contribution in [0.3, 0.4) is 0 Å². The number of fused-ring (bicyclic) bond motifs is 7. The third-order valence-corrected chi connectivity index (χ3v) is 19.2.